The quantitative estimate of drug-likeness (QED) is 0.711. The van der Waals surface area contributed by atoms with Crippen LogP contribution in [0, 0.1) is 5.82 Å². The second kappa shape index (κ2) is 17.4. The zero-order valence-corrected chi connectivity index (χ0v) is 14.0. The van der Waals surface area contributed by atoms with Gasteiger partial charge in [0.05, 0.1) is 19.8 Å². The summed E-state index contributed by atoms with van der Waals surface area (Å²) in [5.74, 6) is -0.989. The molecule has 4 heteroatoms. The Kier molecular flexibility index (Phi) is 20.5. The van der Waals surface area contributed by atoms with E-state index < -0.39 is 11.8 Å². The molecule has 0 aliphatic carbocycles. The highest BCUT2D eigenvalue weighted by molar-refractivity contribution is 5.89. The molecule has 0 spiro atoms. The molecule has 0 saturated heterocycles. The molecule has 1 rings (SSSR count). The van der Waals surface area contributed by atoms with Crippen molar-refractivity contribution in [1.29, 1.82) is 0 Å². The third-order valence-electron chi connectivity index (χ3n) is 1.57. The van der Waals surface area contributed by atoms with E-state index >= 15 is 0 Å². The number of methoxy groups -OCH3 is 2. The van der Waals surface area contributed by atoms with Crippen LogP contribution in [0.5, 0.6) is 5.75 Å². The molecule has 3 nitrogen and oxygen atoms in total. The summed E-state index contributed by atoms with van der Waals surface area (Å²) in [5, 5.41) is 0. The lowest BCUT2D eigenvalue weighted by molar-refractivity contribution is 0.0600. The van der Waals surface area contributed by atoms with Crippen molar-refractivity contribution in [3.63, 3.8) is 0 Å². The smallest absolute Gasteiger partial charge is 0.337 e. The van der Waals surface area contributed by atoms with Crippen LogP contribution in [0.4, 0.5) is 4.39 Å². The summed E-state index contributed by atoms with van der Waals surface area (Å²) in [5.41, 5.74) is 0.265. The number of esters is 1. The highest BCUT2D eigenvalue weighted by Gasteiger charge is 2.09. The number of hydrogen-bond acceptors (Lipinski definition) is 3. The van der Waals surface area contributed by atoms with Crippen LogP contribution in [0.3, 0.4) is 0 Å². The fourth-order valence-corrected chi connectivity index (χ4v) is 0.905. The van der Waals surface area contributed by atoms with E-state index in [9.17, 15) is 9.18 Å². The molecule has 118 valence electrons. The van der Waals surface area contributed by atoms with E-state index in [0.29, 0.717) is 0 Å². The molecule has 1 aromatic rings. The van der Waals surface area contributed by atoms with E-state index in [2.05, 4.69) is 18.6 Å². The number of benzene rings is 1. The van der Waals surface area contributed by atoms with Crippen LogP contribution >= 0.6 is 0 Å². The van der Waals surface area contributed by atoms with Crippen molar-refractivity contribution in [3.05, 3.63) is 29.6 Å². The molecule has 0 unspecified atom stereocenters. The molecule has 0 aliphatic rings. The number of halogens is 1. The Bertz CT molecular complexity index is 338. The fourth-order valence-electron chi connectivity index (χ4n) is 0.905. The van der Waals surface area contributed by atoms with Gasteiger partial charge in [-0.05, 0) is 18.2 Å². The second-order valence-corrected chi connectivity index (χ2v) is 3.05. The first-order valence-corrected chi connectivity index (χ1v) is 7.02. The van der Waals surface area contributed by atoms with Crippen LogP contribution < -0.4 is 4.74 Å². The van der Waals surface area contributed by atoms with Crippen molar-refractivity contribution in [2.75, 3.05) is 14.2 Å². The lowest BCUT2D eigenvalue weighted by atomic mass is 10.2. The van der Waals surface area contributed by atoms with Crippen molar-refractivity contribution in [3.8, 4) is 5.75 Å². The lowest BCUT2D eigenvalue weighted by Crippen LogP contribution is -2.02. The molecule has 0 N–H and O–H groups in total. The van der Waals surface area contributed by atoms with E-state index in [-0.39, 0.29) is 11.3 Å². The Hall–Kier alpha value is -1.58. The standard InChI is InChI=1S/C9H9FO3.C3H8.2C2H6/c1-12-8-5-6(9(11)13-2)3-4-7(8)10;1-3-2;2*1-2/h3-5H,1-2H3;3H2,1-2H3;2*1-2H3. The molecule has 0 bridgehead atoms. The number of rotatable bonds is 2. The SMILES string of the molecule is CC.CC.CCC.COC(=O)c1ccc(F)c(OC)c1. The van der Waals surface area contributed by atoms with Crippen LogP contribution in [0.1, 0.15) is 58.3 Å². The Morgan fingerprint density at radius 2 is 1.55 bits per heavy atom. The second-order valence-electron chi connectivity index (χ2n) is 3.05. The summed E-state index contributed by atoms with van der Waals surface area (Å²) in [4.78, 5) is 11.0. The van der Waals surface area contributed by atoms with Crippen molar-refractivity contribution in [1.82, 2.24) is 0 Å². The van der Waals surface area contributed by atoms with Crippen LogP contribution in [-0.2, 0) is 4.74 Å². The monoisotopic (exact) mass is 288 g/mol. The van der Waals surface area contributed by atoms with Crippen molar-refractivity contribution < 1.29 is 18.7 Å². The summed E-state index contributed by atoms with van der Waals surface area (Å²) >= 11 is 0. The van der Waals surface area contributed by atoms with Crippen molar-refractivity contribution >= 4 is 5.97 Å². The molecule has 0 radical (unpaired) electrons. The lowest BCUT2D eigenvalue weighted by Gasteiger charge is -2.03. The van der Waals surface area contributed by atoms with Crippen molar-refractivity contribution in [2.45, 2.75) is 48.0 Å². The molecular formula is C16H29FO3. The average Bonchev–Trinajstić information content (AvgIpc) is 2.51. The van der Waals surface area contributed by atoms with Crippen LogP contribution in [0.2, 0.25) is 0 Å². The average molecular weight is 288 g/mol. The molecule has 1 aromatic carbocycles. The largest absolute Gasteiger partial charge is 0.494 e. The predicted molar refractivity (Wildman–Crippen MR) is 83.0 cm³/mol. The molecule has 20 heavy (non-hydrogen) atoms. The minimum absolute atomic E-state index is 0.0305. The molecule has 0 amide bonds. The van der Waals surface area contributed by atoms with Gasteiger partial charge in [0.15, 0.2) is 11.6 Å². The molecule has 0 atom stereocenters. The van der Waals surface area contributed by atoms with Gasteiger partial charge in [-0.25, -0.2) is 9.18 Å². The number of carbonyl (C=O) groups is 1. The maximum Gasteiger partial charge on any atom is 0.337 e. The summed E-state index contributed by atoms with van der Waals surface area (Å²) in [6.45, 7) is 12.2. The van der Waals surface area contributed by atoms with Crippen LogP contribution in [0.15, 0.2) is 18.2 Å². The van der Waals surface area contributed by atoms with E-state index in [4.69, 9.17) is 4.74 Å². The van der Waals surface area contributed by atoms with Gasteiger partial charge in [0.2, 0.25) is 0 Å². The third-order valence-corrected chi connectivity index (χ3v) is 1.57. The van der Waals surface area contributed by atoms with Crippen LogP contribution in [0.25, 0.3) is 0 Å². The topological polar surface area (TPSA) is 35.5 Å². The zero-order chi connectivity index (χ0) is 16.6. The Labute approximate surface area is 123 Å². The number of hydrogen-bond donors (Lipinski definition) is 0. The first-order chi connectivity index (χ1) is 9.60. The fraction of sp³-hybridized carbons (Fsp3) is 0.562. The van der Waals surface area contributed by atoms with E-state index in [1.165, 1.54) is 32.8 Å². The summed E-state index contributed by atoms with van der Waals surface area (Å²) in [7, 11) is 2.59. The van der Waals surface area contributed by atoms with Gasteiger partial charge in [-0.15, -0.1) is 0 Å². The Morgan fingerprint density at radius 3 is 1.90 bits per heavy atom. The number of carbonyl (C=O) groups excluding carboxylic acids is 1. The molecule has 0 saturated carbocycles. The maximum absolute atomic E-state index is 12.9. The number of ether oxygens (including phenoxy) is 2. The third kappa shape index (κ3) is 10.4. The molecular weight excluding hydrogens is 259 g/mol. The van der Waals surface area contributed by atoms with Gasteiger partial charge < -0.3 is 9.47 Å². The summed E-state index contributed by atoms with van der Waals surface area (Å²) in [6, 6.07) is 3.79. The van der Waals surface area contributed by atoms with Gasteiger partial charge in [0.1, 0.15) is 0 Å². The Balaban J connectivity index is -0.000000355. The minimum atomic E-state index is -0.515. The molecule has 0 aliphatic heterocycles. The van der Waals surface area contributed by atoms with Gasteiger partial charge in [-0.3, -0.25) is 0 Å². The normalized spacial score (nSPS) is 7.65. The Morgan fingerprint density at radius 1 is 1.10 bits per heavy atom. The van der Waals surface area contributed by atoms with Gasteiger partial charge >= 0.3 is 5.97 Å². The highest BCUT2D eigenvalue weighted by Crippen LogP contribution is 2.18. The first-order valence-electron chi connectivity index (χ1n) is 7.02. The minimum Gasteiger partial charge on any atom is -0.494 e. The van der Waals surface area contributed by atoms with Gasteiger partial charge in [0.25, 0.3) is 0 Å². The van der Waals surface area contributed by atoms with Gasteiger partial charge in [0, 0.05) is 0 Å². The summed E-state index contributed by atoms with van der Waals surface area (Å²) < 4.78 is 22.0. The molecule has 0 fully saturated rings. The van der Waals surface area contributed by atoms with Gasteiger partial charge in [-0.1, -0.05) is 48.0 Å². The summed E-state index contributed by atoms with van der Waals surface area (Å²) in [6.07, 6.45) is 1.25. The van der Waals surface area contributed by atoms with E-state index in [1.807, 2.05) is 27.7 Å². The molecule has 0 aromatic heterocycles. The van der Waals surface area contributed by atoms with Gasteiger partial charge in [-0.2, -0.15) is 0 Å². The highest BCUT2D eigenvalue weighted by atomic mass is 19.1. The maximum atomic E-state index is 12.9. The first kappa shape index (κ1) is 23.5. The predicted octanol–water partition coefficient (Wildman–Crippen LogP) is 5.09. The molecule has 0 heterocycles. The van der Waals surface area contributed by atoms with Crippen LogP contribution in [-0.4, -0.2) is 20.2 Å². The van der Waals surface area contributed by atoms with Crippen molar-refractivity contribution in [2.24, 2.45) is 0 Å². The van der Waals surface area contributed by atoms with E-state index in [1.54, 1.807) is 0 Å². The zero-order valence-electron chi connectivity index (χ0n) is 14.0. The van der Waals surface area contributed by atoms with E-state index in [0.717, 1.165) is 6.07 Å².